The van der Waals surface area contributed by atoms with Crippen LogP contribution in [0.5, 0.6) is 0 Å². The molecule has 0 fully saturated rings. The third-order valence-electron chi connectivity index (χ3n) is 2.15. The Bertz CT molecular complexity index is 318. The van der Waals surface area contributed by atoms with Crippen LogP contribution >= 0.6 is 22.9 Å². The van der Waals surface area contributed by atoms with Gasteiger partial charge in [-0.05, 0) is 6.92 Å². The number of aromatic nitrogens is 1. The zero-order valence-electron chi connectivity index (χ0n) is 9.49. The van der Waals surface area contributed by atoms with Crippen molar-refractivity contribution >= 4 is 22.9 Å². The molecule has 2 N–H and O–H groups in total. The fraction of sp³-hybridized carbons (Fsp3) is 0.700. The van der Waals surface area contributed by atoms with Crippen molar-refractivity contribution in [3.63, 3.8) is 0 Å². The van der Waals surface area contributed by atoms with Gasteiger partial charge in [0.1, 0.15) is 9.34 Å². The molecule has 1 unspecified atom stereocenters. The van der Waals surface area contributed by atoms with E-state index in [0.29, 0.717) is 30.5 Å². The lowest BCUT2D eigenvalue weighted by Gasteiger charge is -2.22. The zero-order valence-corrected chi connectivity index (χ0v) is 11.1. The van der Waals surface area contributed by atoms with E-state index in [1.807, 2.05) is 0 Å². The highest BCUT2D eigenvalue weighted by Crippen LogP contribution is 2.18. The summed E-state index contributed by atoms with van der Waals surface area (Å²) < 4.78 is 5.61. The minimum Gasteiger partial charge on any atom is -0.389 e. The molecule has 1 atom stereocenters. The Morgan fingerprint density at radius 2 is 2.44 bits per heavy atom. The summed E-state index contributed by atoms with van der Waals surface area (Å²) in [6, 6.07) is 0. The topological polar surface area (TPSA) is 54.4 Å². The first kappa shape index (κ1) is 13.9. The average molecular weight is 265 g/mol. The van der Waals surface area contributed by atoms with Gasteiger partial charge in [0.15, 0.2) is 0 Å². The number of nitrogens with one attached hydrogen (secondary N) is 1. The number of thiazole rings is 1. The molecule has 0 saturated heterocycles. The van der Waals surface area contributed by atoms with Crippen LogP contribution in [0.4, 0.5) is 0 Å². The normalized spacial score (nSPS) is 15.0. The van der Waals surface area contributed by atoms with Crippen LogP contribution in [0.3, 0.4) is 0 Å². The maximum absolute atomic E-state index is 9.94. The summed E-state index contributed by atoms with van der Waals surface area (Å²) in [5, 5.41) is 14.0. The Morgan fingerprint density at radius 1 is 1.69 bits per heavy atom. The number of aliphatic hydroxyl groups is 1. The van der Waals surface area contributed by atoms with Crippen molar-refractivity contribution in [1.29, 1.82) is 0 Å². The van der Waals surface area contributed by atoms with Gasteiger partial charge in [-0.15, -0.1) is 11.3 Å². The molecule has 0 bridgehead atoms. The molecule has 6 heteroatoms. The SMILES string of the molecule is COCCC(C)(O)CNCc1ncc(Cl)s1. The molecule has 1 aromatic heterocycles. The van der Waals surface area contributed by atoms with E-state index < -0.39 is 5.60 Å². The number of halogens is 1. The van der Waals surface area contributed by atoms with Gasteiger partial charge in [-0.1, -0.05) is 11.6 Å². The van der Waals surface area contributed by atoms with Gasteiger partial charge >= 0.3 is 0 Å². The highest BCUT2D eigenvalue weighted by molar-refractivity contribution is 7.15. The molecule has 0 saturated carbocycles. The van der Waals surface area contributed by atoms with Crippen LogP contribution in [0.2, 0.25) is 4.34 Å². The minimum atomic E-state index is -0.753. The van der Waals surface area contributed by atoms with Crippen molar-refractivity contribution in [2.24, 2.45) is 0 Å². The van der Waals surface area contributed by atoms with E-state index >= 15 is 0 Å². The van der Waals surface area contributed by atoms with Crippen LogP contribution < -0.4 is 5.32 Å². The molecule has 0 aromatic carbocycles. The molecule has 92 valence electrons. The van der Waals surface area contributed by atoms with Crippen LogP contribution in [0.15, 0.2) is 6.20 Å². The molecular formula is C10H17ClN2O2S. The van der Waals surface area contributed by atoms with Gasteiger partial charge in [-0.25, -0.2) is 4.98 Å². The zero-order chi connectivity index (χ0) is 12.0. The van der Waals surface area contributed by atoms with Crippen LogP contribution in [-0.2, 0) is 11.3 Å². The minimum absolute atomic E-state index is 0.507. The molecule has 1 aromatic rings. The number of hydrogen-bond donors (Lipinski definition) is 2. The summed E-state index contributed by atoms with van der Waals surface area (Å²) in [6.07, 6.45) is 2.24. The number of ether oxygens (including phenoxy) is 1. The number of hydrogen-bond acceptors (Lipinski definition) is 5. The monoisotopic (exact) mass is 264 g/mol. The summed E-state index contributed by atoms with van der Waals surface area (Å²) in [6.45, 7) is 3.47. The van der Waals surface area contributed by atoms with Crippen molar-refractivity contribution in [3.05, 3.63) is 15.5 Å². The van der Waals surface area contributed by atoms with Gasteiger partial charge in [0.05, 0.1) is 11.8 Å². The van der Waals surface area contributed by atoms with Gasteiger partial charge in [0.25, 0.3) is 0 Å². The molecule has 1 heterocycles. The Labute approximate surface area is 105 Å². The largest absolute Gasteiger partial charge is 0.389 e. The summed E-state index contributed by atoms with van der Waals surface area (Å²) in [5.41, 5.74) is -0.753. The van der Waals surface area contributed by atoms with Gasteiger partial charge in [0, 0.05) is 33.2 Å². The van der Waals surface area contributed by atoms with Gasteiger partial charge in [0.2, 0.25) is 0 Å². The predicted molar refractivity (Wildman–Crippen MR) is 65.9 cm³/mol. The van der Waals surface area contributed by atoms with E-state index in [1.54, 1.807) is 20.2 Å². The highest BCUT2D eigenvalue weighted by Gasteiger charge is 2.19. The maximum Gasteiger partial charge on any atom is 0.113 e. The first-order chi connectivity index (χ1) is 7.53. The molecule has 4 nitrogen and oxygen atoms in total. The second-order valence-electron chi connectivity index (χ2n) is 3.90. The molecule has 1 rings (SSSR count). The lowest BCUT2D eigenvalue weighted by atomic mass is 10.0. The van der Waals surface area contributed by atoms with E-state index in [1.165, 1.54) is 11.3 Å². The molecule has 16 heavy (non-hydrogen) atoms. The lowest BCUT2D eigenvalue weighted by molar-refractivity contribution is 0.0247. The first-order valence-corrected chi connectivity index (χ1v) is 6.25. The van der Waals surface area contributed by atoms with Crippen molar-refractivity contribution in [2.45, 2.75) is 25.5 Å². The molecule has 0 amide bonds. The van der Waals surface area contributed by atoms with Crippen molar-refractivity contribution in [2.75, 3.05) is 20.3 Å². The lowest BCUT2D eigenvalue weighted by Crippen LogP contribution is -2.38. The fourth-order valence-corrected chi connectivity index (χ4v) is 2.14. The van der Waals surface area contributed by atoms with E-state index in [-0.39, 0.29) is 0 Å². The molecule has 0 spiro atoms. The van der Waals surface area contributed by atoms with Crippen LogP contribution in [-0.4, -0.2) is 36.0 Å². The smallest absolute Gasteiger partial charge is 0.113 e. The molecular weight excluding hydrogens is 248 g/mol. The number of nitrogens with zero attached hydrogens (tertiary/aromatic N) is 1. The van der Waals surface area contributed by atoms with E-state index in [9.17, 15) is 5.11 Å². The van der Waals surface area contributed by atoms with Gasteiger partial charge < -0.3 is 15.2 Å². The third kappa shape index (κ3) is 5.23. The van der Waals surface area contributed by atoms with E-state index in [0.717, 1.165) is 5.01 Å². The van der Waals surface area contributed by atoms with Crippen LogP contribution in [0.25, 0.3) is 0 Å². The van der Waals surface area contributed by atoms with E-state index in [4.69, 9.17) is 16.3 Å². The second-order valence-corrected chi connectivity index (χ2v) is 5.65. The Morgan fingerprint density at radius 3 is 3.00 bits per heavy atom. The summed E-state index contributed by atoms with van der Waals surface area (Å²) in [4.78, 5) is 4.12. The Kier molecular flexibility index (Phi) is 5.64. The standard InChI is InChI=1S/C10H17ClN2O2S/c1-10(14,3-4-15-2)7-12-6-9-13-5-8(11)16-9/h5,12,14H,3-4,6-7H2,1-2H3. The molecule has 0 aliphatic carbocycles. The maximum atomic E-state index is 9.94. The first-order valence-electron chi connectivity index (χ1n) is 5.06. The van der Waals surface area contributed by atoms with E-state index in [2.05, 4.69) is 10.3 Å². The fourth-order valence-electron chi connectivity index (χ4n) is 1.22. The third-order valence-corrected chi connectivity index (χ3v) is 3.27. The summed E-state index contributed by atoms with van der Waals surface area (Å²) >= 11 is 7.20. The molecule has 0 aliphatic rings. The number of methoxy groups -OCH3 is 1. The quantitative estimate of drug-likeness (QED) is 0.787. The number of rotatable bonds is 7. The average Bonchev–Trinajstić information content (AvgIpc) is 2.61. The molecule has 0 radical (unpaired) electrons. The summed E-state index contributed by atoms with van der Waals surface area (Å²) in [7, 11) is 1.63. The summed E-state index contributed by atoms with van der Waals surface area (Å²) in [5.74, 6) is 0. The van der Waals surface area contributed by atoms with Crippen molar-refractivity contribution in [1.82, 2.24) is 10.3 Å². The van der Waals surface area contributed by atoms with Crippen molar-refractivity contribution < 1.29 is 9.84 Å². The van der Waals surface area contributed by atoms with Crippen LogP contribution in [0.1, 0.15) is 18.4 Å². The Balaban J connectivity index is 2.24. The second kappa shape index (κ2) is 6.51. The van der Waals surface area contributed by atoms with Crippen molar-refractivity contribution in [3.8, 4) is 0 Å². The predicted octanol–water partition coefficient (Wildman–Crippen LogP) is 1.67. The van der Waals surface area contributed by atoms with Gasteiger partial charge in [-0.3, -0.25) is 0 Å². The highest BCUT2D eigenvalue weighted by atomic mass is 35.5. The Hall–Kier alpha value is -0.200. The van der Waals surface area contributed by atoms with Gasteiger partial charge in [-0.2, -0.15) is 0 Å². The van der Waals surface area contributed by atoms with Crippen LogP contribution in [0, 0.1) is 0 Å². The molecule has 0 aliphatic heterocycles.